The third-order valence-corrected chi connectivity index (χ3v) is 4.42. The van der Waals surface area contributed by atoms with Crippen molar-refractivity contribution in [3.05, 3.63) is 30.3 Å². The molecule has 0 spiro atoms. The lowest BCUT2D eigenvalue weighted by atomic mass is 9.90. The van der Waals surface area contributed by atoms with Gasteiger partial charge in [0.05, 0.1) is 0 Å². The Morgan fingerprint density at radius 2 is 1.58 bits per heavy atom. The van der Waals surface area contributed by atoms with Gasteiger partial charge in [0.15, 0.2) is 0 Å². The van der Waals surface area contributed by atoms with Gasteiger partial charge in [-0.2, -0.15) is 0 Å². The Hall–Kier alpha value is -0.730. The minimum absolute atomic E-state index is 0. The second-order valence-corrected chi connectivity index (χ2v) is 6.00. The van der Waals surface area contributed by atoms with E-state index in [2.05, 4.69) is 35.2 Å². The van der Waals surface area contributed by atoms with Crippen molar-refractivity contribution in [1.82, 2.24) is 0 Å². The fourth-order valence-electron chi connectivity index (χ4n) is 3.08. The summed E-state index contributed by atoms with van der Waals surface area (Å²) in [5, 5.41) is 0. The molecule has 3 rings (SSSR count). The molecule has 0 saturated heterocycles. The number of anilines is 1. The topological polar surface area (TPSA) is 29.3 Å². The number of halogens is 1. The SMILES string of the molecule is Cl.N[C@H]1CC[C@@H](N(CC2CC2)c2ccccc2)CC1. The molecule has 1 aromatic rings. The van der Waals surface area contributed by atoms with Gasteiger partial charge in [0, 0.05) is 24.3 Å². The summed E-state index contributed by atoms with van der Waals surface area (Å²) in [6.45, 7) is 1.25. The van der Waals surface area contributed by atoms with Crippen molar-refractivity contribution in [2.24, 2.45) is 11.7 Å². The quantitative estimate of drug-likeness (QED) is 0.913. The van der Waals surface area contributed by atoms with Crippen molar-refractivity contribution in [2.75, 3.05) is 11.4 Å². The summed E-state index contributed by atoms with van der Waals surface area (Å²) in [6, 6.07) is 12.1. The van der Waals surface area contributed by atoms with E-state index < -0.39 is 0 Å². The van der Waals surface area contributed by atoms with Gasteiger partial charge in [0.2, 0.25) is 0 Å². The number of rotatable bonds is 4. The van der Waals surface area contributed by atoms with Crippen molar-refractivity contribution < 1.29 is 0 Å². The van der Waals surface area contributed by atoms with Gasteiger partial charge in [-0.15, -0.1) is 12.4 Å². The van der Waals surface area contributed by atoms with Crippen LogP contribution in [0, 0.1) is 5.92 Å². The molecule has 19 heavy (non-hydrogen) atoms. The van der Waals surface area contributed by atoms with Crippen molar-refractivity contribution >= 4 is 18.1 Å². The Labute approximate surface area is 122 Å². The largest absolute Gasteiger partial charge is 0.368 e. The van der Waals surface area contributed by atoms with Crippen LogP contribution in [0.4, 0.5) is 5.69 Å². The Kier molecular flexibility index (Phi) is 5.12. The zero-order valence-corrected chi connectivity index (χ0v) is 12.3. The molecule has 3 heteroatoms. The first-order valence-electron chi connectivity index (χ1n) is 7.40. The lowest BCUT2D eigenvalue weighted by Crippen LogP contribution is -2.42. The van der Waals surface area contributed by atoms with Gasteiger partial charge in [-0.3, -0.25) is 0 Å². The molecule has 0 radical (unpaired) electrons. The summed E-state index contributed by atoms with van der Waals surface area (Å²) < 4.78 is 0. The fraction of sp³-hybridized carbons (Fsp3) is 0.625. The molecule has 0 aromatic heterocycles. The number of hydrogen-bond acceptors (Lipinski definition) is 2. The summed E-state index contributed by atoms with van der Waals surface area (Å²) in [5.41, 5.74) is 7.44. The molecular weight excluding hydrogens is 256 g/mol. The first-order chi connectivity index (χ1) is 8.83. The van der Waals surface area contributed by atoms with E-state index in [0.29, 0.717) is 12.1 Å². The molecule has 2 aliphatic rings. The number of nitrogens with zero attached hydrogens (tertiary/aromatic N) is 1. The van der Waals surface area contributed by atoms with Crippen LogP contribution < -0.4 is 10.6 Å². The van der Waals surface area contributed by atoms with Gasteiger partial charge in [-0.1, -0.05) is 18.2 Å². The lowest BCUT2D eigenvalue weighted by Gasteiger charge is -2.38. The monoisotopic (exact) mass is 280 g/mol. The van der Waals surface area contributed by atoms with Gasteiger partial charge in [-0.25, -0.2) is 0 Å². The average molecular weight is 281 g/mol. The van der Waals surface area contributed by atoms with E-state index in [1.807, 2.05) is 0 Å². The van der Waals surface area contributed by atoms with Gasteiger partial charge in [0.25, 0.3) is 0 Å². The zero-order valence-electron chi connectivity index (χ0n) is 11.5. The van der Waals surface area contributed by atoms with Crippen LogP contribution in [0.15, 0.2) is 30.3 Å². The predicted octanol–water partition coefficient (Wildman–Crippen LogP) is 3.59. The maximum atomic E-state index is 6.03. The molecule has 2 fully saturated rings. The van der Waals surface area contributed by atoms with E-state index in [1.54, 1.807) is 0 Å². The van der Waals surface area contributed by atoms with Crippen molar-refractivity contribution in [2.45, 2.75) is 50.6 Å². The van der Waals surface area contributed by atoms with E-state index >= 15 is 0 Å². The van der Waals surface area contributed by atoms with Crippen LogP contribution >= 0.6 is 12.4 Å². The highest BCUT2D eigenvalue weighted by Gasteiger charge is 2.30. The predicted molar refractivity (Wildman–Crippen MR) is 84.0 cm³/mol. The lowest BCUT2D eigenvalue weighted by molar-refractivity contribution is 0.373. The van der Waals surface area contributed by atoms with Crippen LogP contribution in [0.5, 0.6) is 0 Å². The van der Waals surface area contributed by atoms with E-state index in [0.717, 1.165) is 5.92 Å². The zero-order chi connectivity index (χ0) is 12.4. The Bertz CT molecular complexity index is 370. The van der Waals surface area contributed by atoms with Crippen LogP contribution in [-0.2, 0) is 0 Å². The van der Waals surface area contributed by atoms with E-state index in [4.69, 9.17) is 5.73 Å². The van der Waals surface area contributed by atoms with Crippen LogP contribution in [0.25, 0.3) is 0 Å². The molecule has 1 aromatic carbocycles. The van der Waals surface area contributed by atoms with Gasteiger partial charge in [-0.05, 0) is 56.6 Å². The molecule has 106 valence electrons. The van der Waals surface area contributed by atoms with Crippen LogP contribution in [-0.4, -0.2) is 18.6 Å². The minimum atomic E-state index is 0. The highest BCUT2D eigenvalue weighted by atomic mass is 35.5. The normalized spacial score (nSPS) is 26.6. The molecule has 0 unspecified atom stereocenters. The first kappa shape index (κ1) is 14.7. The Morgan fingerprint density at radius 3 is 2.16 bits per heavy atom. The Morgan fingerprint density at radius 1 is 0.947 bits per heavy atom. The third kappa shape index (κ3) is 3.87. The second kappa shape index (κ2) is 6.62. The summed E-state index contributed by atoms with van der Waals surface area (Å²) in [6.07, 6.45) is 7.77. The molecular formula is C16H25ClN2. The molecule has 0 heterocycles. The van der Waals surface area contributed by atoms with Crippen molar-refractivity contribution in [3.63, 3.8) is 0 Å². The molecule has 2 nitrogen and oxygen atoms in total. The molecule has 0 bridgehead atoms. The second-order valence-electron chi connectivity index (χ2n) is 6.00. The van der Waals surface area contributed by atoms with Crippen LogP contribution in [0.3, 0.4) is 0 Å². The standard InChI is InChI=1S/C16H24N2.ClH/c17-14-8-10-16(11-9-14)18(12-13-6-7-13)15-4-2-1-3-5-15;/h1-5,13-14,16H,6-12,17H2;1H/t14-,16+;. The number of hydrogen-bond donors (Lipinski definition) is 1. The fourth-order valence-corrected chi connectivity index (χ4v) is 3.08. The van der Waals surface area contributed by atoms with Gasteiger partial charge < -0.3 is 10.6 Å². The maximum Gasteiger partial charge on any atom is 0.0368 e. The van der Waals surface area contributed by atoms with Gasteiger partial charge >= 0.3 is 0 Å². The maximum absolute atomic E-state index is 6.03. The molecule has 2 saturated carbocycles. The summed E-state index contributed by atoms with van der Waals surface area (Å²) in [4.78, 5) is 2.66. The molecule has 2 N–H and O–H groups in total. The van der Waals surface area contributed by atoms with E-state index in [1.165, 1.54) is 50.8 Å². The Balaban J connectivity index is 0.00000133. The van der Waals surface area contributed by atoms with Crippen LogP contribution in [0.2, 0.25) is 0 Å². The number of nitrogens with two attached hydrogens (primary N) is 1. The summed E-state index contributed by atoms with van der Waals surface area (Å²) in [5.74, 6) is 0.945. The third-order valence-electron chi connectivity index (χ3n) is 4.42. The smallest absolute Gasteiger partial charge is 0.0368 e. The van der Waals surface area contributed by atoms with E-state index in [9.17, 15) is 0 Å². The molecule has 0 atom stereocenters. The number of para-hydroxylation sites is 1. The molecule has 0 aliphatic heterocycles. The van der Waals surface area contributed by atoms with Gasteiger partial charge in [0.1, 0.15) is 0 Å². The van der Waals surface area contributed by atoms with E-state index in [-0.39, 0.29) is 12.4 Å². The van der Waals surface area contributed by atoms with Crippen molar-refractivity contribution in [1.29, 1.82) is 0 Å². The van der Waals surface area contributed by atoms with Crippen LogP contribution in [0.1, 0.15) is 38.5 Å². The van der Waals surface area contributed by atoms with Crippen molar-refractivity contribution in [3.8, 4) is 0 Å². The minimum Gasteiger partial charge on any atom is -0.368 e. The average Bonchev–Trinajstić information content (AvgIpc) is 3.22. The molecule has 2 aliphatic carbocycles. The summed E-state index contributed by atoms with van der Waals surface area (Å²) >= 11 is 0. The highest BCUT2D eigenvalue weighted by Crippen LogP contribution is 2.34. The summed E-state index contributed by atoms with van der Waals surface area (Å²) in [7, 11) is 0. The molecule has 0 amide bonds. The first-order valence-corrected chi connectivity index (χ1v) is 7.40. The number of benzene rings is 1. The highest BCUT2D eigenvalue weighted by molar-refractivity contribution is 5.85.